The van der Waals surface area contributed by atoms with Crippen molar-refractivity contribution in [1.29, 1.82) is 0 Å². The van der Waals surface area contributed by atoms with Crippen LogP contribution in [0, 0.1) is 6.92 Å². The summed E-state index contributed by atoms with van der Waals surface area (Å²) in [5.74, 6) is -0.167. The molecule has 0 bridgehead atoms. The molecule has 1 unspecified atom stereocenters. The Morgan fingerprint density at radius 2 is 1.93 bits per heavy atom. The van der Waals surface area contributed by atoms with Gasteiger partial charge >= 0.3 is 6.03 Å². The molecular formula is C23H21N3O2S. The van der Waals surface area contributed by atoms with Crippen LogP contribution in [0.4, 0.5) is 4.79 Å². The standard InChI is InChI=1S/C23H21N3O2S/c1-15-8-10-17(11-9-15)20-24-18(14-29-20)13-26-21(27)23(25-22(26)28)12-4-6-16-5-2-3-7-19(16)23/h2-3,5,7-11,14H,4,6,12-13H2,1H3,(H,25,28). The Morgan fingerprint density at radius 3 is 2.76 bits per heavy atom. The van der Waals surface area contributed by atoms with Crippen LogP contribution in [0.3, 0.4) is 0 Å². The maximum Gasteiger partial charge on any atom is 0.325 e. The lowest BCUT2D eigenvalue weighted by atomic mass is 9.76. The number of hydrogen-bond donors (Lipinski definition) is 1. The van der Waals surface area contributed by atoms with Gasteiger partial charge in [-0.15, -0.1) is 11.3 Å². The van der Waals surface area contributed by atoms with E-state index in [9.17, 15) is 9.59 Å². The molecule has 29 heavy (non-hydrogen) atoms. The van der Waals surface area contributed by atoms with Gasteiger partial charge in [-0.1, -0.05) is 54.1 Å². The second kappa shape index (κ2) is 6.81. The normalized spacial score (nSPS) is 20.8. The summed E-state index contributed by atoms with van der Waals surface area (Å²) in [7, 11) is 0. The first-order chi connectivity index (χ1) is 14.1. The number of urea groups is 1. The number of nitrogens with zero attached hydrogens (tertiary/aromatic N) is 2. The summed E-state index contributed by atoms with van der Waals surface area (Å²) in [5.41, 5.74) is 4.12. The van der Waals surface area contributed by atoms with Crippen molar-refractivity contribution in [2.45, 2.75) is 38.3 Å². The SMILES string of the molecule is Cc1ccc(-c2nc(CN3C(=O)NC4(CCCc5ccccc54)C3=O)cs2)cc1. The van der Waals surface area contributed by atoms with Gasteiger partial charge in [-0.05, 0) is 37.3 Å². The highest BCUT2D eigenvalue weighted by atomic mass is 32.1. The third-order valence-electron chi connectivity index (χ3n) is 5.82. The number of hydrogen-bond acceptors (Lipinski definition) is 4. The monoisotopic (exact) mass is 403 g/mol. The second-order valence-corrected chi connectivity index (χ2v) is 8.61. The molecule has 1 fully saturated rings. The largest absolute Gasteiger partial charge is 0.325 e. The second-order valence-electron chi connectivity index (χ2n) is 7.75. The molecule has 6 heteroatoms. The van der Waals surface area contributed by atoms with E-state index < -0.39 is 5.54 Å². The molecule has 2 heterocycles. The molecule has 1 aliphatic carbocycles. The molecule has 1 spiro atoms. The molecule has 5 nitrogen and oxygen atoms in total. The van der Waals surface area contributed by atoms with Gasteiger partial charge in [0.2, 0.25) is 0 Å². The third kappa shape index (κ3) is 2.95. The minimum atomic E-state index is -0.929. The number of nitrogens with one attached hydrogen (secondary N) is 1. The number of carbonyl (C=O) groups excluding carboxylic acids is 2. The summed E-state index contributed by atoms with van der Waals surface area (Å²) in [6.07, 6.45) is 2.45. The Labute approximate surface area is 173 Å². The Balaban J connectivity index is 1.42. The fraction of sp³-hybridized carbons (Fsp3) is 0.261. The molecular weight excluding hydrogens is 382 g/mol. The number of aromatic nitrogens is 1. The van der Waals surface area contributed by atoms with Gasteiger partial charge in [-0.25, -0.2) is 9.78 Å². The van der Waals surface area contributed by atoms with Gasteiger partial charge in [0.15, 0.2) is 0 Å². The average Bonchev–Trinajstić information content (AvgIpc) is 3.29. The van der Waals surface area contributed by atoms with Crippen molar-refractivity contribution < 1.29 is 9.59 Å². The van der Waals surface area contributed by atoms with Gasteiger partial charge < -0.3 is 5.32 Å². The van der Waals surface area contributed by atoms with Crippen LogP contribution in [0.5, 0.6) is 0 Å². The molecule has 0 radical (unpaired) electrons. The molecule has 3 amide bonds. The fourth-order valence-electron chi connectivity index (χ4n) is 4.33. The highest BCUT2D eigenvalue weighted by Gasteiger charge is 2.53. The Bertz CT molecular complexity index is 1110. The lowest BCUT2D eigenvalue weighted by molar-refractivity contribution is -0.132. The van der Waals surface area contributed by atoms with Crippen LogP contribution in [0.1, 0.15) is 35.2 Å². The van der Waals surface area contributed by atoms with Crippen molar-refractivity contribution in [2.75, 3.05) is 0 Å². The minimum absolute atomic E-state index is 0.167. The molecule has 1 saturated heterocycles. The third-order valence-corrected chi connectivity index (χ3v) is 6.76. The van der Waals surface area contributed by atoms with E-state index in [2.05, 4.69) is 22.4 Å². The molecule has 1 aliphatic heterocycles. The number of aryl methyl sites for hydroxylation is 2. The molecule has 5 rings (SSSR count). The number of benzene rings is 2. The average molecular weight is 404 g/mol. The van der Waals surface area contributed by atoms with Crippen molar-refractivity contribution in [2.24, 2.45) is 0 Å². The van der Waals surface area contributed by atoms with E-state index in [1.165, 1.54) is 21.8 Å². The predicted molar refractivity (Wildman–Crippen MR) is 112 cm³/mol. The van der Waals surface area contributed by atoms with Crippen LogP contribution in [0.25, 0.3) is 10.6 Å². The number of fused-ring (bicyclic) bond motifs is 2. The summed E-state index contributed by atoms with van der Waals surface area (Å²) in [6.45, 7) is 2.24. The summed E-state index contributed by atoms with van der Waals surface area (Å²) < 4.78 is 0. The first-order valence-electron chi connectivity index (χ1n) is 9.81. The Morgan fingerprint density at radius 1 is 1.14 bits per heavy atom. The highest BCUT2D eigenvalue weighted by Crippen LogP contribution is 2.40. The van der Waals surface area contributed by atoms with E-state index in [0.717, 1.165) is 40.2 Å². The summed E-state index contributed by atoms with van der Waals surface area (Å²) >= 11 is 1.53. The maximum absolute atomic E-state index is 13.4. The Kier molecular flexibility index (Phi) is 4.24. The summed E-state index contributed by atoms with van der Waals surface area (Å²) in [6, 6.07) is 15.8. The van der Waals surface area contributed by atoms with Crippen molar-refractivity contribution in [1.82, 2.24) is 15.2 Å². The van der Waals surface area contributed by atoms with Crippen LogP contribution >= 0.6 is 11.3 Å². The molecule has 2 aliphatic rings. The maximum atomic E-state index is 13.4. The quantitative estimate of drug-likeness (QED) is 0.659. The minimum Gasteiger partial charge on any atom is -0.319 e. The number of carbonyl (C=O) groups is 2. The van der Waals surface area contributed by atoms with E-state index in [4.69, 9.17) is 0 Å². The van der Waals surface area contributed by atoms with Gasteiger partial charge in [0.25, 0.3) is 5.91 Å². The van der Waals surface area contributed by atoms with Gasteiger partial charge in [0, 0.05) is 10.9 Å². The van der Waals surface area contributed by atoms with Crippen molar-refractivity contribution >= 4 is 23.3 Å². The zero-order chi connectivity index (χ0) is 20.0. The van der Waals surface area contributed by atoms with Crippen LogP contribution in [-0.4, -0.2) is 21.8 Å². The lowest BCUT2D eigenvalue weighted by Gasteiger charge is -2.33. The fourth-order valence-corrected chi connectivity index (χ4v) is 5.14. The van der Waals surface area contributed by atoms with E-state index >= 15 is 0 Å². The van der Waals surface area contributed by atoms with E-state index in [1.54, 1.807) is 0 Å². The van der Waals surface area contributed by atoms with E-state index in [-0.39, 0.29) is 18.5 Å². The first-order valence-corrected chi connectivity index (χ1v) is 10.7. The number of amides is 3. The van der Waals surface area contributed by atoms with Crippen LogP contribution in [0.2, 0.25) is 0 Å². The molecule has 0 saturated carbocycles. The summed E-state index contributed by atoms with van der Waals surface area (Å²) in [4.78, 5) is 32.1. The van der Waals surface area contributed by atoms with Crippen LogP contribution in [0.15, 0.2) is 53.9 Å². The highest BCUT2D eigenvalue weighted by molar-refractivity contribution is 7.13. The topological polar surface area (TPSA) is 62.3 Å². The molecule has 1 aromatic heterocycles. The molecule has 1 atom stereocenters. The number of imide groups is 1. The van der Waals surface area contributed by atoms with Crippen molar-refractivity contribution in [3.05, 3.63) is 76.3 Å². The van der Waals surface area contributed by atoms with E-state index in [1.807, 2.05) is 48.7 Å². The molecule has 146 valence electrons. The van der Waals surface area contributed by atoms with E-state index in [0.29, 0.717) is 6.42 Å². The molecule has 1 N–H and O–H groups in total. The zero-order valence-electron chi connectivity index (χ0n) is 16.1. The smallest absolute Gasteiger partial charge is 0.319 e. The van der Waals surface area contributed by atoms with Crippen molar-refractivity contribution in [3.8, 4) is 10.6 Å². The van der Waals surface area contributed by atoms with Crippen LogP contribution < -0.4 is 5.32 Å². The van der Waals surface area contributed by atoms with Gasteiger partial charge in [-0.3, -0.25) is 9.69 Å². The van der Waals surface area contributed by atoms with Crippen molar-refractivity contribution in [3.63, 3.8) is 0 Å². The van der Waals surface area contributed by atoms with Crippen LogP contribution in [-0.2, 0) is 23.3 Å². The molecule has 3 aromatic rings. The predicted octanol–water partition coefficient (Wildman–Crippen LogP) is 4.40. The number of rotatable bonds is 3. The zero-order valence-corrected chi connectivity index (χ0v) is 17.0. The molecule has 2 aromatic carbocycles. The van der Waals surface area contributed by atoms with Gasteiger partial charge in [0.05, 0.1) is 12.2 Å². The van der Waals surface area contributed by atoms with Gasteiger partial charge in [0.1, 0.15) is 10.5 Å². The first kappa shape index (κ1) is 18.1. The lowest BCUT2D eigenvalue weighted by Crippen LogP contribution is -2.46. The number of thiazole rings is 1. The summed E-state index contributed by atoms with van der Waals surface area (Å²) in [5, 5.41) is 5.82. The Hall–Kier alpha value is -2.99. The van der Waals surface area contributed by atoms with Gasteiger partial charge in [-0.2, -0.15) is 0 Å².